The zero-order valence-electron chi connectivity index (χ0n) is 9.08. The molecule has 0 atom stereocenters. The molecule has 0 aliphatic heterocycles. The van der Waals surface area contributed by atoms with Gasteiger partial charge in [0, 0.05) is 10.4 Å². The van der Waals surface area contributed by atoms with Gasteiger partial charge in [0.25, 0.3) is 0 Å². The molecular formula is C11H8BrClIN3S. The van der Waals surface area contributed by atoms with Crippen LogP contribution in [-0.4, -0.2) is 9.97 Å². The lowest BCUT2D eigenvalue weighted by Gasteiger charge is -2.06. The Morgan fingerprint density at radius 3 is 2.72 bits per heavy atom. The fourth-order valence-electron chi connectivity index (χ4n) is 1.68. The first kappa shape index (κ1) is 13.1. The Morgan fingerprint density at radius 2 is 2.17 bits per heavy atom. The van der Waals surface area contributed by atoms with E-state index in [1.807, 2.05) is 6.07 Å². The van der Waals surface area contributed by atoms with Crippen molar-refractivity contribution in [1.29, 1.82) is 0 Å². The van der Waals surface area contributed by atoms with E-state index in [0.29, 0.717) is 21.9 Å². The van der Waals surface area contributed by atoms with Gasteiger partial charge >= 0.3 is 0 Å². The highest BCUT2D eigenvalue weighted by atomic mass is 127. The summed E-state index contributed by atoms with van der Waals surface area (Å²) >= 11 is 13.1. The van der Waals surface area contributed by atoms with Gasteiger partial charge in [-0.3, -0.25) is 0 Å². The summed E-state index contributed by atoms with van der Waals surface area (Å²) in [7, 11) is 0. The molecular weight excluding hydrogens is 448 g/mol. The minimum atomic E-state index is 0.555. The highest BCUT2D eigenvalue weighted by Gasteiger charge is 2.29. The van der Waals surface area contributed by atoms with Crippen LogP contribution in [0.25, 0.3) is 10.7 Å². The lowest BCUT2D eigenvalue weighted by atomic mass is 10.2. The second kappa shape index (κ2) is 4.88. The van der Waals surface area contributed by atoms with Gasteiger partial charge in [0.15, 0.2) is 5.82 Å². The van der Waals surface area contributed by atoms with Gasteiger partial charge in [0.1, 0.15) is 10.2 Å². The fourth-order valence-corrected chi connectivity index (χ4v) is 3.99. The maximum atomic E-state index is 6.05. The first-order valence-electron chi connectivity index (χ1n) is 5.34. The van der Waals surface area contributed by atoms with Gasteiger partial charge in [0.05, 0.1) is 14.1 Å². The van der Waals surface area contributed by atoms with Crippen LogP contribution >= 0.6 is 61.5 Å². The van der Waals surface area contributed by atoms with E-state index < -0.39 is 0 Å². The third-order valence-corrected chi connectivity index (χ3v) is 6.31. The first-order chi connectivity index (χ1) is 8.56. The van der Waals surface area contributed by atoms with E-state index >= 15 is 0 Å². The molecule has 0 amide bonds. The zero-order chi connectivity index (χ0) is 12.9. The summed E-state index contributed by atoms with van der Waals surface area (Å²) in [5.74, 6) is 1.79. The lowest BCUT2D eigenvalue weighted by Crippen LogP contribution is -2.03. The molecule has 2 aromatic heterocycles. The second-order valence-electron chi connectivity index (χ2n) is 4.14. The standard InChI is InChI=1S/C11H8BrClIN3S/c12-5-3-6(18-9(5)13)11-16-8(4-1-2-4)7(14)10(15)17-11/h3-4H,1-2H2,(H2,15,16,17). The summed E-state index contributed by atoms with van der Waals surface area (Å²) in [6, 6.07) is 1.94. The highest BCUT2D eigenvalue weighted by Crippen LogP contribution is 2.43. The third-order valence-electron chi connectivity index (χ3n) is 2.73. The van der Waals surface area contributed by atoms with Crippen molar-refractivity contribution in [2.24, 2.45) is 0 Å². The summed E-state index contributed by atoms with van der Waals surface area (Å²) in [5, 5.41) is 0. The van der Waals surface area contributed by atoms with Crippen LogP contribution in [0.3, 0.4) is 0 Å². The number of nitrogens with two attached hydrogens (primary N) is 1. The van der Waals surface area contributed by atoms with Crippen molar-refractivity contribution < 1.29 is 0 Å². The molecule has 18 heavy (non-hydrogen) atoms. The summed E-state index contributed by atoms with van der Waals surface area (Å²) in [4.78, 5) is 9.95. The summed E-state index contributed by atoms with van der Waals surface area (Å²) in [5.41, 5.74) is 7.05. The molecule has 0 radical (unpaired) electrons. The average Bonchev–Trinajstić information content (AvgIpc) is 3.10. The summed E-state index contributed by atoms with van der Waals surface area (Å²) in [6.45, 7) is 0. The molecule has 3 nitrogen and oxygen atoms in total. The number of aromatic nitrogens is 2. The fraction of sp³-hybridized carbons (Fsp3) is 0.273. The number of anilines is 1. The lowest BCUT2D eigenvalue weighted by molar-refractivity contribution is 0.985. The van der Waals surface area contributed by atoms with Gasteiger partial charge in [-0.25, -0.2) is 9.97 Å². The quantitative estimate of drug-likeness (QED) is 0.668. The summed E-state index contributed by atoms with van der Waals surface area (Å²) < 4.78 is 2.57. The maximum absolute atomic E-state index is 6.05. The molecule has 2 aromatic rings. The molecule has 0 aromatic carbocycles. The highest BCUT2D eigenvalue weighted by molar-refractivity contribution is 14.1. The molecule has 2 heterocycles. The van der Waals surface area contributed by atoms with Crippen molar-refractivity contribution in [2.75, 3.05) is 5.73 Å². The predicted octanol–water partition coefficient (Wildman–Crippen LogP) is 4.69. The third kappa shape index (κ3) is 2.39. The Balaban J connectivity index is 2.12. The van der Waals surface area contributed by atoms with Crippen LogP contribution in [0.4, 0.5) is 5.82 Å². The minimum absolute atomic E-state index is 0.555. The van der Waals surface area contributed by atoms with Crippen LogP contribution in [0.5, 0.6) is 0 Å². The number of nitrogens with zero attached hydrogens (tertiary/aromatic N) is 2. The molecule has 0 unspecified atom stereocenters. The van der Waals surface area contributed by atoms with Crippen LogP contribution in [0.2, 0.25) is 4.34 Å². The number of hydrogen-bond donors (Lipinski definition) is 1. The van der Waals surface area contributed by atoms with E-state index in [0.717, 1.165) is 18.6 Å². The number of nitrogen functional groups attached to an aromatic ring is 1. The monoisotopic (exact) mass is 455 g/mol. The SMILES string of the molecule is Nc1nc(-c2cc(Br)c(Cl)s2)nc(C2CC2)c1I. The maximum Gasteiger partial charge on any atom is 0.172 e. The van der Waals surface area contributed by atoms with Crippen molar-refractivity contribution in [2.45, 2.75) is 18.8 Å². The summed E-state index contributed by atoms with van der Waals surface area (Å²) in [6.07, 6.45) is 2.39. The van der Waals surface area contributed by atoms with Gasteiger partial charge in [-0.15, -0.1) is 11.3 Å². The Kier molecular flexibility index (Phi) is 3.55. The van der Waals surface area contributed by atoms with Crippen molar-refractivity contribution in [3.8, 4) is 10.7 Å². The predicted molar refractivity (Wildman–Crippen MR) is 87.2 cm³/mol. The van der Waals surface area contributed by atoms with Gasteiger partial charge in [-0.1, -0.05) is 11.6 Å². The van der Waals surface area contributed by atoms with Crippen molar-refractivity contribution >= 4 is 67.3 Å². The molecule has 0 bridgehead atoms. The van der Waals surface area contributed by atoms with Gasteiger partial charge in [0.2, 0.25) is 0 Å². The van der Waals surface area contributed by atoms with Crippen LogP contribution in [0, 0.1) is 3.57 Å². The van der Waals surface area contributed by atoms with E-state index in [-0.39, 0.29) is 0 Å². The van der Waals surface area contributed by atoms with Gasteiger partial charge < -0.3 is 5.73 Å². The van der Waals surface area contributed by atoms with Crippen molar-refractivity contribution in [3.05, 3.63) is 24.1 Å². The Labute approximate surface area is 135 Å². The van der Waals surface area contributed by atoms with Crippen LogP contribution in [-0.2, 0) is 0 Å². The first-order valence-corrected chi connectivity index (χ1v) is 8.41. The number of halogens is 3. The smallest absolute Gasteiger partial charge is 0.172 e. The van der Waals surface area contributed by atoms with E-state index in [4.69, 9.17) is 17.3 Å². The largest absolute Gasteiger partial charge is 0.383 e. The van der Waals surface area contributed by atoms with Gasteiger partial charge in [-0.05, 0) is 57.4 Å². The topological polar surface area (TPSA) is 51.8 Å². The van der Waals surface area contributed by atoms with Crippen molar-refractivity contribution in [3.63, 3.8) is 0 Å². The van der Waals surface area contributed by atoms with Crippen LogP contribution in [0.1, 0.15) is 24.5 Å². The molecule has 0 saturated heterocycles. The van der Waals surface area contributed by atoms with Crippen LogP contribution < -0.4 is 5.73 Å². The van der Waals surface area contributed by atoms with E-state index in [1.54, 1.807) is 0 Å². The Morgan fingerprint density at radius 1 is 1.44 bits per heavy atom. The average molecular weight is 457 g/mol. The molecule has 3 rings (SSSR count). The van der Waals surface area contributed by atoms with E-state index in [2.05, 4.69) is 48.5 Å². The molecule has 2 N–H and O–H groups in total. The number of thiophene rings is 1. The zero-order valence-corrected chi connectivity index (χ0v) is 14.4. The van der Waals surface area contributed by atoms with E-state index in [9.17, 15) is 0 Å². The van der Waals surface area contributed by atoms with Gasteiger partial charge in [-0.2, -0.15) is 0 Å². The molecule has 1 fully saturated rings. The Hall–Kier alpha value is 0.0800. The molecule has 1 aliphatic carbocycles. The Bertz CT molecular complexity index is 607. The minimum Gasteiger partial charge on any atom is -0.383 e. The number of hydrogen-bond acceptors (Lipinski definition) is 4. The van der Waals surface area contributed by atoms with Crippen molar-refractivity contribution in [1.82, 2.24) is 9.97 Å². The van der Waals surface area contributed by atoms with Crippen LogP contribution in [0.15, 0.2) is 10.5 Å². The molecule has 1 saturated carbocycles. The molecule has 0 spiro atoms. The molecule has 1 aliphatic rings. The second-order valence-corrected chi connectivity index (χ2v) is 7.73. The molecule has 7 heteroatoms. The van der Waals surface area contributed by atoms with E-state index in [1.165, 1.54) is 24.2 Å². The number of rotatable bonds is 2. The molecule has 94 valence electrons. The normalized spacial score (nSPS) is 15.1.